The number of alkyl halides is 3. The Hall–Kier alpha value is -1.61. The quantitative estimate of drug-likeness (QED) is 0.776. The Bertz CT molecular complexity index is 558. The Labute approximate surface area is 120 Å². The number of nitrogens with two attached hydrogens (primary N) is 1. The third-order valence-electron chi connectivity index (χ3n) is 2.46. The van der Waals surface area contributed by atoms with Crippen molar-refractivity contribution in [3.05, 3.63) is 28.2 Å². The van der Waals surface area contributed by atoms with Crippen LogP contribution in [0.3, 0.4) is 0 Å². The van der Waals surface area contributed by atoms with E-state index in [0.717, 1.165) is 6.07 Å². The first kappa shape index (κ1) is 16.4. The molecule has 0 aromatic heterocycles. The van der Waals surface area contributed by atoms with Crippen LogP contribution in [0.15, 0.2) is 22.7 Å². The maximum atomic E-state index is 12.6. The van der Waals surface area contributed by atoms with Crippen molar-refractivity contribution in [2.24, 2.45) is 5.73 Å². The SMILES string of the molecule is CC(N)(C(=O)Nc1cc(Br)cc(C(=O)O)c1)C(F)(F)F. The molecule has 0 aliphatic rings. The fraction of sp³-hybridized carbons (Fsp3) is 0.273. The predicted molar refractivity (Wildman–Crippen MR) is 68.4 cm³/mol. The van der Waals surface area contributed by atoms with Crippen molar-refractivity contribution < 1.29 is 27.9 Å². The van der Waals surface area contributed by atoms with Gasteiger partial charge in [0.25, 0.3) is 5.91 Å². The lowest BCUT2D eigenvalue weighted by Gasteiger charge is -2.26. The summed E-state index contributed by atoms with van der Waals surface area (Å²) in [6.45, 7) is 0.526. The highest BCUT2D eigenvalue weighted by atomic mass is 79.9. The second-order valence-corrected chi connectivity index (χ2v) is 5.10. The van der Waals surface area contributed by atoms with E-state index in [2.05, 4.69) is 15.9 Å². The number of anilines is 1. The van der Waals surface area contributed by atoms with Crippen LogP contribution in [0.2, 0.25) is 0 Å². The molecule has 110 valence electrons. The number of hydrogen-bond acceptors (Lipinski definition) is 3. The van der Waals surface area contributed by atoms with Crippen molar-refractivity contribution in [3.8, 4) is 0 Å². The molecule has 1 unspecified atom stereocenters. The minimum Gasteiger partial charge on any atom is -0.478 e. The van der Waals surface area contributed by atoms with Crippen LogP contribution >= 0.6 is 15.9 Å². The molecule has 0 saturated carbocycles. The number of aromatic carboxylic acids is 1. The molecule has 0 radical (unpaired) electrons. The van der Waals surface area contributed by atoms with Crippen LogP contribution in [0.4, 0.5) is 18.9 Å². The number of carboxylic acid groups (broad SMARTS) is 1. The van der Waals surface area contributed by atoms with Gasteiger partial charge in [0.05, 0.1) is 5.56 Å². The Kier molecular flexibility index (Phi) is 4.45. The van der Waals surface area contributed by atoms with Gasteiger partial charge in [0.1, 0.15) is 0 Å². The van der Waals surface area contributed by atoms with Crippen molar-refractivity contribution in [1.29, 1.82) is 0 Å². The zero-order valence-corrected chi connectivity index (χ0v) is 11.7. The van der Waals surface area contributed by atoms with Crippen molar-refractivity contribution in [2.75, 3.05) is 5.32 Å². The molecular formula is C11H10BrF3N2O3. The number of carboxylic acids is 1. The molecule has 0 aliphatic heterocycles. The van der Waals surface area contributed by atoms with Gasteiger partial charge in [-0.3, -0.25) is 4.79 Å². The van der Waals surface area contributed by atoms with E-state index in [0.29, 0.717) is 11.4 Å². The third-order valence-corrected chi connectivity index (χ3v) is 2.92. The van der Waals surface area contributed by atoms with Gasteiger partial charge in [0, 0.05) is 10.2 Å². The van der Waals surface area contributed by atoms with Crippen LogP contribution in [0, 0.1) is 0 Å². The van der Waals surface area contributed by atoms with E-state index in [9.17, 15) is 22.8 Å². The van der Waals surface area contributed by atoms with Crippen LogP contribution in [0.5, 0.6) is 0 Å². The molecule has 0 fully saturated rings. The molecule has 1 rings (SSSR count). The summed E-state index contributed by atoms with van der Waals surface area (Å²) in [6.07, 6.45) is -4.93. The van der Waals surface area contributed by atoms with Gasteiger partial charge >= 0.3 is 12.1 Å². The van der Waals surface area contributed by atoms with Gasteiger partial charge in [0.2, 0.25) is 0 Å². The van der Waals surface area contributed by atoms with Gasteiger partial charge in [-0.1, -0.05) is 15.9 Å². The fourth-order valence-corrected chi connectivity index (χ4v) is 1.67. The summed E-state index contributed by atoms with van der Waals surface area (Å²) < 4.78 is 38.0. The molecular weight excluding hydrogens is 345 g/mol. The first-order valence-corrected chi connectivity index (χ1v) is 5.95. The lowest BCUT2D eigenvalue weighted by atomic mass is 10.0. The van der Waals surface area contributed by atoms with E-state index < -0.39 is 23.6 Å². The molecule has 1 aromatic rings. The maximum absolute atomic E-state index is 12.6. The number of carbonyl (C=O) groups is 2. The van der Waals surface area contributed by atoms with E-state index in [1.165, 1.54) is 12.1 Å². The molecule has 0 aliphatic carbocycles. The third kappa shape index (κ3) is 3.48. The standard InChI is InChI=1S/C11H10BrF3N2O3/c1-10(16,11(13,14)15)9(20)17-7-3-5(8(18)19)2-6(12)4-7/h2-4H,16H2,1H3,(H,17,20)(H,18,19). The zero-order chi connectivity index (χ0) is 15.7. The summed E-state index contributed by atoms with van der Waals surface area (Å²) in [5.74, 6) is -2.77. The summed E-state index contributed by atoms with van der Waals surface area (Å²) >= 11 is 2.99. The highest BCUT2D eigenvalue weighted by Crippen LogP contribution is 2.29. The van der Waals surface area contributed by atoms with Gasteiger partial charge in [-0.15, -0.1) is 0 Å². The molecule has 0 bridgehead atoms. The van der Waals surface area contributed by atoms with Crippen LogP contribution < -0.4 is 11.1 Å². The van der Waals surface area contributed by atoms with E-state index in [4.69, 9.17) is 10.8 Å². The number of carbonyl (C=O) groups excluding carboxylic acids is 1. The predicted octanol–water partition coefficient (Wildman–Crippen LogP) is 2.37. The first-order chi connectivity index (χ1) is 8.95. The summed E-state index contributed by atoms with van der Waals surface area (Å²) in [5, 5.41) is 10.8. The monoisotopic (exact) mass is 354 g/mol. The molecule has 0 heterocycles. The van der Waals surface area contributed by atoms with E-state index in [1.807, 2.05) is 5.32 Å². The molecule has 0 saturated heterocycles. The minimum absolute atomic E-state index is 0.109. The molecule has 20 heavy (non-hydrogen) atoms. The summed E-state index contributed by atoms with van der Waals surface area (Å²) in [7, 11) is 0. The normalized spacial score (nSPS) is 14.5. The van der Waals surface area contributed by atoms with Crippen LogP contribution in [0.25, 0.3) is 0 Å². The average molecular weight is 355 g/mol. The molecule has 4 N–H and O–H groups in total. The van der Waals surface area contributed by atoms with Crippen molar-refractivity contribution in [1.82, 2.24) is 0 Å². The molecule has 1 amide bonds. The van der Waals surface area contributed by atoms with Crippen LogP contribution in [-0.4, -0.2) is 28.7 Å². The van der Waals surface area contributed by atoms with Crippen LogP contribution in [0.1, 0.15) is 17.3 Å². The lowest BCUT2D eigenvalue weighted by Crippen LogP contribution is -2.59. The van der Waals surface area contributed by atoms with Crippen molar-refractivity contribution in [2.45, 2.75) is 18.6 Å². The van der Waals surface area contributed by atoms with E-state index >= 15 is 0 Å². The summed E-state index contributed by atoms with van der Waals surface area (Å²) in [6, 6.07) is 3.53. The van der Waals surface area contributed by atoms with Gasteiger partial charge in [-0.25, -0.2) is 4.79 Å². The first-order valence-electron chi connectivity index (χ1n) is 5.16. The minimum atomic E-state index is -4.93. The molecule has 1 aromatic carbocycles. The van der Waals surface area contributed by atoms with Gasteiger partial charge in [-0.05, 0) is 25.1 Å². The average Bonchev–Trinajstić information content (AvgIpc) is 2.26. The summed E-state index contributed by atoms with van der Waals surface area (Å²) in [5.41, 5.74) is 1.57. The maximum Gasteiger partial charge on any atom is 0.415 e. The molecule has 1 atom stereocenters. The van der Waals surface area contributed by atoms with Crippen molar-refractivity contribution in [3.63, 3.8) is 0 Å². The number of nitrogens with one attached hydrogen (secondary N) is 1. The lowest BCUT2D eigenvalue weighted by molar-refractivity contribution is -0.184. The Balaban J connectivity index is 3.05. The fourth-order valence-electron chi connectivity index (χ4n) is 1.17. The number of amides is 1. The second kappa shape index (κ2) is 5.41. The topological polar surface area (TPSA) is 92.4 Å². The summed E-state index contributed by atoms with van der Waals surface area (Å²) in [4.78, 5) is 22.4. The van der Waals surface area contributed by atoms with E-state index in [1.54, 1.807) is 0 Å². The van der Waals surface area contributed by atoms with Gasteiger partial charge in [0.15, 0.2) is 5.54 Å². The zero-order valence-electron chi connectivity index (χ0n) is 10.1. The number of halogens is 4. The Morgan fingerprint density at radius 1 is 1.30 bits per heavy atom. The largest absolute Gasteiger partial charge is 0.478 e. The van der Waals surface area contributed by atoms with Crippen LogP contribution in [-0.2, 0) is 4.79 Å². The number of benzene rings is 1. The molecule has 0 spiro atoms. The highest BCUT2D eigenvalue weighted by Gasteiger charge is 2.53. The highest BCUT2D eigenvalue weighted by molar-refractivity contribution is 9.10. The van der Waals surface area contributed by atoms with E-state index in [-0.39, 0.29) is 11.3 Å². The van der Waals surface area contributed by atoms with Gasteiger partial charge in [-0.2, -0.15) is 13.2 Å². The van der Waals surface area contributed by atoms with Crippen molar-refractivity contribution >= 4 is 33.5 Å². The number of hydrogen-bond donors (Lipinski definition) is 3. The van der Waals surface area contributed by atoms with Gasteiger partial charge < -0.3 is 16.2 Å². The Morgan fingerprint density at radius 3 is 2.30 bits per heavy atom. The Morgan fingerprint density at radius 2 is 1.85 bits per heavy atom. The molecule has 5 nitrogen and oxygen atoms in total. The second-order valence-electron chi connectivity index (χ2n) is 4.19. The smallest absolute Gasteiger partial charge is 0.415 e. The number of rotatable bonds is 3. The molecule has 9 heteroatoms.